The van der Waals surface area contributed by atoms with E-state index in [0.717, 1.165) is 44.8 Å². The first-order chi connectivity index (χ1) is 12.2. The van der Waals surface area contributed by atoms with Crippen LogP contribution in [-0.2, 0) is 0 Å². The van der Waals surface area contributed by atoms with Gasteiger partial charge < -0.3 is 14.9 Å². The minimum Gasteiger partial charge on any atom is -0.396 e. The summed E-state index contributed by atoms with van der Waals surface area (Å²) < 4.78 is 0. The molecule has 1 aromatic heterocycles. The minimum absolute atomic E-state index is 0.00180. The van der Waals surface area contributed by atoms with Crippen LogP contribution in [0, 0.1) is 11.8 Å². The molecule has 1 N–H and O–H groups in total. The fourth-order valence-electron chi connectivity index (χ4n) is 4.18. The number of likely N-dealkylation sites (tertiary alicyclic amines) is 2. The lowest BCUT2D eigenvalue weighted by Gasteiger charge is -2.30. The van der Waals surface area contributed by atoms with Gasteiger partial charge in [0.1, 0.15) is 5.82 Å². The van der Waals surface area contributed by atoms with Crippen molar-refractivity contribution in [3.8, 4) is 0 Å². The molecule has 136 valence electrons. The number of nitrogens with zero attached hydrogens (tertiary/aromatic N) is 4. The zero-order chi connectivity index (χ0) is 17.2. The van der Waals surface area contributed by atoms with Gasteiger partial charge in [0.05, 0.1) is 5.56 Å². The van der Waals surface area contributed by atoms with Crippen molar-refractivity contribution in [2.24, 2.45) is 11.8 Å². The van der Waals surface area contributed by atoms with Crippen LogP contribution in [-0.4, -0.2) is 70.1 Å². The van der Waals surface area contributed by atoms with Crippen LogP contribution in [0.5, 0.6) is 0 Å². The average molecular weight is 344 g/mol. The predicted octanol–water partition coefficient (Wildman–Crippen LogP) is 1.52. The summed E-state index contributed by atoms with van der Waals surface area (Å²) in [7, 11) is 0. The number of hydrogen-bond acceptors (Lipinski definition) is 5. The monoisotopic (exact) mass is 344 g/mol. The maximum Gasteiger partial charge on any atom is 0.257 e. The van der Waals surface area contributed by atoms with E-state index in [1.54, 1.807) is 12.4 Å². The molecular weight excluding hydrogens is 316 g/mol. The third-order valence-corrected chi connectivity index (χ3v) is 5.90. The van der Waals surface area contributed by atoms with Crippen LogP contribution in [0.2, 0.25) is 0 Å². The van der Waals surface area contributed by atoms with Crippen molar-refractivity contribution in [3.63, 3.8) is 0 Å². The van der Waals surface area contributed by atoms with Gasteiger partial charge in [0.15, 0.2) is 0 Å². The standard InChI is InChI=1S/C19H28N4O2/c24-13-17-12-23(11-16(17)10-22-6-2-1-3-7-22)19(25)15-8-20-18(21-9-15)14-4-5-14/h8-9,14,16-17,24H,1-7,10-13H2. The molecule has 0 spiro atoms. The van der Waals surface area contributed by atoms with Gasteiger partial charge in [-0.2, -0.15) is 0 Å². The Morgan fingerprint density at radius 3 is 2.40 bits per heavy atom. The lowest BCUT2D eigenvalue weighted by atomic mass is 9.95. The van der Waals surface area contributed by atoms with E-state index in [1.165, 1.54) is 19.3 Å². The van der Waals surface area contributed by atoms with E-state index in [0.29, 0.717) is 23.9 Å². The minimum atomic E-state index is 0.00180. The Morgan fingerprint density at radius 2 is 1.76 bits per heavy atom. The second kappa shape index (κ2) is 7.38. The molecule has 3 aliphatic rings. The lowest BCUT2D eigenvalue weighted by Crippen LogP contribution is -2.37. The van der Waals surface area contributed by atoms with Crippen molar-refractivity contribution >= 4 is 5.91 Å². The summed E-state index contributed by atoms with van der Waals surface area (Å²) in [5.41, 5.74) is 0.569. The molecule has 25 heavy (non-hydrogen) atoms. The predicted molar refractivity (Wildman–Crippen MR) is 94.3 cm³/mol. The zero-order valence-electron chi connectivity index (χ0n) is 14.8. The molecule has 1 aromatic rings. The van der Waals surface area contributed by atoms with E-state index in [-0.39, 0.29) is 18.4 Å². The summed E-state index contributed by atoms with van der Waals surface area (Å²) in [4.78, 5) is 25.9. The second-order valence-corrected chi connectivity index (χ2v) is 7.88. The molecule has 6 nitrogen and oxygen atoms in total. The molecule has 3 heterocycles. The van der Waals surface area contributed by atoms with Gasteiger partial charge in [0.2, 0.25) is 0 Å². The Balaban J connectivity index is 1.38. The fourth-order valence-corrected chi connectivity index (χ4v) is 4.18. The molecule has 4 rings (SSSR count). The Morgan fingerprint density at radius 1 is 1.08 bits per heavy atom. The molecule has 0 aromatic carbocycles. The molecule has 3 fully saturated rings. The van der Waals surface area contributed by atoms with Crippen molar-refractivity contribution in [3.05, 3.63) is 23.8 Å². The molecule has 1 amide bonds. The van der Waals surface area contributed by atoms with Crippen LogP contribution in [0.1, 0.15) is 54.2 Å². The summed E-state index contributed by atoms with van der Waals surface area (Å²) in [5.74, 6) is 1.91. The molecule has 6 heteroatoms. The number of carbonyl (C=O) groups is 1. The van der Waals surface area contributed by atoms with Crippen molar-refractivity contribution in [2.45, 2.75) is 38.0 Å². The van der Waals surface area contributed by atoms with E-state index < -0.39 is 0 Å². The molecule has 2 saturated heterocycles. The molecule has 1 saturated carbocycles. The number of piperidine rings is 1. The number of aliphatic hydroxyl groups is 1. The first kappa shape index (κ1) is 16.9. The highest BCUT2D eigenvalue weighted by Gasteiger charge is 2.36. The SMILES string of the molecule is O=C(c1cnc(C2CC2)nc1)N1CC(CO)C(CN2CCCCC2)C1. The van der Waals surface area contributed by atoms with Crippen molar-refractivity contribution < 1.29 is 9.90 Å². The lowest BCUT2D eigenvalue weighted by molar-refractivity contribution is 0.0777. The second-order valence-electron chi connectivity index (χ2n) is 7.88. The number of aromatic nitrogens is 2. The smallest absolute Gasteiger partial charge is 0.257 e. The van der Waals surface area contributed by atoms with Gasteiger partial charge in [-0.1, -0.05) is 6.42 Å². The van der Waals surface area contributed by atoms with Crippen LogP contribution in [0.15, 0.2) is 12.4 Å². The highest BCUT2D eigenvalue weighted by molar-refractivity contribution is 5.93. The normalized spacial score (nSPS) is 27.6. The van der Waals surface area contributed by atoms with Gasteiger partial charge in [0.25, 0.3) is 5.91 Å². The van der Waals surface area contributed by atoms with E-state index in [4.69, 9.17) is 0 Å². The van der Waals surface area contributed by atoms with Crippen molar-refractivity contribution in [1.82, 2.24) is 19.8 Å². The summed E-state index contributed by atoms with van der Waals surface area (Å²) in [6, 6.07) is 0. The molecule has 1 aliphatic carbocycles. The molecular formula is C19H28N4O2. The van der Waals surface area contributed by atoms with Crippen LogP contribution < -0.4 is 0 Å². The number of carbonyl (C=O) groups excluding carboxylic acids is 1. The average Bonchev–Trinajstić information content (AvgIpc) is 3.43. The number of hydrogen-bond donors (Lipinski definition) is 1. The first-order valence-corrected chi connectivity index (χ1v) is 9.69. The topological polar surface area (TPSA) is 69.6 Å². The van der Waals surface area contributed by atoms with Crippen molar-refractivity contribution in [2.75, 3.05) is 39.3 Å². The largest absolute Gasteiger partial charge is 0.396 e. The van der Waals surface area contributed by atoms with Gasteiger partial charge in [-0.25, -0.2) is 9.97 Å². The Labute approximate surface area is 149 Å². The number of rotatable bonds is 5. The maximum atomic E-state index is 12.8. The van der Waals surface area contributed by atoms with Crippen LogP contribution in [0.3, 0.4) is 0 Å². The number of aliphatic hydroxyl groups excluding tert-OH is 1. The molecule has 2 unspecified atom stereocenters. The first-order valence-electron chi connectivity index (χ1n) is 9.69. The van der Waals surface area contributed by atoms with Gasteiger partial charge >= 0.3 is 0 Å². The summed E-state index contributed by atoms with van der Waals surface area (Å²) in [6.45, 7) is 4.81. The van der Waals surface area contributed by atoms with Gasteiger partial charge in [0, 0.05) is 50.5 Å². The molecule has 2 aliphatic heterocycles. The Bertz CT molecular complexity index is 596. The highest BCUT2D eigenvalue weighted by atomic mass is 16.3. The third kappa shape index (κ3) is 3.85. The maximum absolute atomic E-state index is 12.8. The van der Waals surface area contributed by atoms with Crippen LogP contribution in [0.25, 0.3) is 0 Å². The summed E-state index contributed by atoms with van der Waals surface area (Å²) >= 11 is 0. The fraction of sp³-hybridized carbons (Fsp3) is 0.737. The summed E-state index contributed by atoms with van der Waals surface area (Å²) in [5, 5.41) is 9.76. The molecule has 0 radical (unpaired) electrons. The Kier molecular flexibility index (Phi) is 4.99. The highest BCUT2D eigenvalue weighted by Crippen LogP contribution is 2.37. The van der Waals surface area contributed by atoms with E-state index in [9.17, 15) is 9.90 Å². The quantitative estimate of drug-likeness (QED) is 0.877. The van der Waals surface area contributed by atoms with Gasteiger partial charge in [-0.05, 0) is 44.7 Å². The van der Waals surface area contributed by atoms with E-state index >= 15 is 0 Å². The van der Waals surface area contributed by atoms with E-state index in [2.05, 4.69) is 14.9 Å². The van der Waals surface area contributed by atoms with Crippen molar-refractivity contribution in [1.29, 1.82) is 0 Å². The molecule has 2 atom stereocenters. The van der Waals surface area contributed by atoms with E-state index in [1.807, 2.05) is 4.90 Å². The zero-order valence-corrected chi connectivity index (χ0v) is 14.8. The van der Waals surface area contributed by atoms with Crippen LogP contribution in [0.4, 0.5) is 0 Å². The summed E-state index contributed by atoms with van der Waals surface area (Å²) in [6.07, 6.45) is 9.54. The number of amides is 1. The van der Waals surface area contributed by atoms with Gasteiger partial charge in [-0.15, -0.1) is 0 Å². The molecule has 0 bridgehead atoms. The Hall–Kier alpha value is -1.53. The third-order valence-electron chi connectivity index (χ3n) is 5.90. The van der Waals surface area contributed by atoms with Gasteiger partial charge in [-0.3, -0.25) is 4.79 Å². The van der Waals surface area contributed by atoms with Crippen LogP contribution >= 0.6 is 0 Å².